The first kappa shape index (κ1) is 25.8. The fraction of sp³-hybridized carbons (Fsp3) is 0.261. The SMILES string of the molecule is CC(C)N(Cc1cccc(-c2nccc(C(F)(F)F)n2)c1)C(=O)Nc1ccc(OC(F)(F)F)cc1. The molecule has 1 N–H and O–H groups in total. The smallest absolute Gasteiger partial charge is 0.406 e. The van der Waals surface area contributed by atoms with Gasteiger partial charge >= 0.3 is 18.6 Å². The Balaban J connectivity index is 1.75. The highest BCUT2D eigenvalue weighted by molar-refractivity contribution is 5.89. The first-order valence-corrected chi connectivity index (χ1v) is 10.2. The number of carbonyl (C=O) groups is 1. The number of amides is 2. The van der Waals surface area contributed by atoms with Crippen LogP contribution in [0.15, 0.2) is 60.8 Å². The Hall–Kier alpha value is -3.83. The molecule has 0 fully saturated rings. The third-order valence-corrected chi connectivity index (χ3v) is 4.71. The standard InChI is InChI=1S/C23H20F6N4O2/c1-14(2)33(21(34)31-17-6-8-18(9-7-17)35-23(27,28)29)13-15-4-3-5-16(12-15)20-30-11-10-19(32-20)22(24,25)26/h3-12,14H,13H2,1-2H3,(H,31,34). The molecule has 0 saturated heterocycles. The van der Waals surface area contributed by atoms with Gasteiger partial charge < -0.3 is 15.0 Å². The normalized spacial score (nSPS) is 11.9. The average molecular weight is 498 g/mol. The van der Waals surface area contributed by atoms with Crippen molar-refractivity contribution in [2.24, 2.45) is 0 Å². The second kappa shape index (κ2) is 10.2. The molecule has 0 aliphatic carbocycles. The maximum absolute atomic E-state index is 13.0. The van der Waals surface area contributed by atoms with Crippen molar-refractivity contribution < 1.29 is 35.9 Å². The predicted octanol–water partition coefficient (Wildman–Crippen LogP) is 6.50. The lowest BCUT2D eigenvalue weighted by Crippen LogP contribution is -2.39. The Morgan fingerprint density at radius 1 is 1.03 bits per heavy atom. The summed E-state index contributed by atoms with van der Waals surface area (Å²) < 4.78 is 79.7. The Labute approximate surface area is 196 Å². The van der Waals surface area contributed by atoms with Crippen LogP contribution in [0.3, 0.4) is 0 Å². The summed E-state index contributed by atoms with van der Waals surface area (Å²) in [7, 11) is 0. The molecule has 0 aliphatic heterocycles. The molecule has 0 unspecified atom stereocenters. The molecular formula is C23H20F6N4O2. The second-order valence-corrected chi connectivity index (χ2v) is 7.69. The monoisotopic (exact) mass is 498 g/mol. The number of nitrogens with one attached hydrogen (secondary N) is 1. The molecular weight excluding hydrogens is 478 g/mol. The highest BCUT2D eigenvalue weighted by Crippen LogP contribution is 2.29. The van der Waals surface area contributed by atoms with Crippen molar-refractivity contribution in [3.05, 3.63) is 72.1 Å². The Morgan fingerprint density at radius 3 is 2.31 bits per heavy atom. The van der Waals surface area contributed by atoms with Crippen molar-refractivity contribution in [1.82, 2.24) is 14.9 Å². The molecule has 0 atom stereocenters. The molecule has 0 saturated carbocycles. The average Bonchev–Trinajstić information content (AvgIpc) is 2.77. The van der Waals surface area contributed by atoms with Crippen LogP contribution in [0.4, 0.5) is 36.8 Å². The first-order chi connectivity index (χ1) is 16.3. The maximum atomic E-state index is 13.0. The van der Waals surface area contributed by atoms with Gasteiger partial charge in [0.15, 0.2) is 5.82 Å². The number of ether oxygens (including phenoxy) is 1. The van der Waals surface area contributed by atoms with E-state index in [-0.39, 0.29) is 24.1 Å². The second-order valence-electron chi connectivity index (χ2n) is 7.69. The number of carbonyl (C=O) groups excluding carboxylic acids is 1. The number of hydrogen-bond acceptors (Lipinski definition) is 4. The van der Waals surface area contributed by atoms with Crippen LogP contribution < -0.4 is 10.1 Å². The van der Waals surface area contributed by atoms with E-state index in [2.05, 4.69) is 20.0 Å². The minimum atomic E-state index is -4.83. The summed E-state index contributed by atoms with van der Waals surface area (Å²) in [6.07, 6.45) is -8.41. The van der Waals surface area contributed by atoms with E-state index in [4.69, 9.17) is 0 Å². The summed E-state index contributed by atoms with van der Waals surface area (Å²) in [6.45, 7) is 3.63. The quantitative estimate of drug-likeness (QED) is 0.394. The van der Waals surface area contributed by atoms with Crippen molar-refractivity contribution in [2.75, 3.05) is 5.32 Å². The fourth-order valence-corrected chi connectivity index (χ4v) is 3.09. The van der Waals surface area contributed by atoms with E-state index in [0.29, 0.717) is 11.1 Å². The van der Waals surface area contributed by atoms with Gasteiger partial charge in [-0.25, -0.2) is 14.8 Å². The van der Waals surface area contributed by atoms with E-state index in [1.54, 1.807) is 38.1 Å². The van der Waals surface area contributed by atoms with Gasteiger partial charge in [-0.15, -0.1) is 13.2 Å². The number of aromatic nitrogens is 2. The summed E-state index contributed by atoms with van der Waals surface area (Å²) in [5, 5.41) is 2.60. The molecule has 6 nitrogen and oxygen atoms in total. The lowest BCUT2D eigenvalue weighted by Gasteiger charge is -2.27. The van der Waals surface area contributed by atoms with E-state index >= 15 is 0 Å². The van der Waals surface area contributed by atoms with Crippen molar-refractivity contribution in [1.29, 1.82) is 0 Å². The molecule has 0 aliphatic rings. The van der Waals surface area contributed by atoms with Gasteiger partial charge in [-0.1, -0.05) is 18.2 Å². The largest absolute Gasteiger partial charge is 0.573 e. The van der Waals surface area contributed by atoms with Crippen molar-refractivity contribution >= 4 is 11.7 Å². The molecule has 12 heteroatoms. The topological polar surface area (TPSA) is 67.4 Å². The fourth-order valence-electron chi connectivity index (χ4n) is 3.09. The minimum absolute atomic E-state index is 0.103. The van der Waals surface area contributed by atoms with E-state index in [1.807, 2.05) is 0 Å². The number of anilines is 1. The Kier molecular flexibility index (Phi) is 7.51. The molecule has 3 aromatic rings. The summed E-state index contributed by atoms with van der Waals surface area (Å²) in [4.78, 5) is 21.8. The molecule has 0 spiro atoms. The summed E-state index contributed by atoms with van der Waals surface area (Å²) in [6, 6.07) is 11.1. The molecule has 0 radical (unpaired) electrons. The van der Waals surface area contributed by atoms with Gasteiger partial charge in [-0.2, -0.15) is 13.2 Å². The van der Waals surface area contributed by atoms with Gasteiger partial charge in [0.25, 0.3) is 0 Å². The number of benzene rings is 2. The third-order valence-electron chi connectivity index (χ3n) is 4.71. The number of halogens is 6. The molecule has 1 heterocycles. The van der Waals surface area contributed by atoms with Crippen LogP contribution in [-0.2, 0) is 12.7 Å². The van der Waals surface area contributed by atoms with Crippen molar-refractivity contribution in [2.45, 2.75) is 39.0 Å². The van der Waals surface area contributed by atoms with Gasteiger partial charge in [-0.05, 0) is 55.8 Å². The van der Waals surface area contributed by atoms with Crippen LogP contribution >= 0.6 is 0 Å². The van der Waals surface area contributed by atoms with E-state index < -0.39 is 30.0 Å². The number of urea groups is 1. The van der Waals surface area contributed by atoms with Gasteiger partial charge in [0.05, 0.1) is 0 Å². The van der Waals surface area contributed by atoms with Crippen LogP contribution in [0.2, 0.25) is 0 Å². The molecule has 35 heavy (non-hydrogen) atoms. The van der Waals surface area contributed by atoms with Crippen LogP contribution in [0.5, 0.6) is 5.75 Å². The summed E-state index contributed by atoms with van der Waals surface area (Å²) >= 11 is 0. The van der Waals surface area contributed by atoms with E-state index in [1.165, 1.54) is 17.0 Å². The minimum Gasteiger partial charge on any atom is -0.406 e. The highest BCUT2D eigenvalue weighted by Gasteiger charge is 2.33. The van der Waals surface area contributed by atoms with Crippen molar-refractivity contribution in [3.63, 3.8) is 0 Å². The van der Waals surface area contributed by atoms with Gasteiger partial charge in [0.1, 0.15) is 11.4 Å². The molecule has 2 aromatic carbocycles. The van der Waals surface area contributed by atoms with Gasteiger partial charge in [0, 0.05) is 30.0 Å². The molecule has 3 rings (SSSR count). The number of rotatable bonds is 6. The summed E-state index contributed by atoms with van der Waals surface area (Å²) in [5.41, 5.74) is 0.142. The van der Waals surface area contributed by atoms with Crippen molar-refractivity contribution in [3.8, 4) is 17.1 Å². The maximum Gasteiger partial charge on any atom is 0.573 e. The Morgan fingerprint density at radius 2 is 1.71 bits per heavy atom. The van der Waals surface area contributed by atoms with Crippen LogP contribution in [0.25, 0.3) is 11.4 Å². The lowest BCUT2D eigenvalue weighted by molar-refractivity contribution is -0.274. The molecule has 1 aromatic heterocycles. The molecule has 0 bridgehead atoms. The lowest BCUT2D eigenvalue weighted by atomic mass is 10.1. The number of nitrogens with zero attached hydrogens (tertiary/aromatic N) is 3. The zero-order valence-corrected chi connectivity index (χ0v) is 18.5. The van der Waals surface area contributed by atoms with Crippen LogP contribution in [-0.4, -0.2) is 33.3 Å². The van der Waals surface area contributed by atoms with Crippen LogP contribution in [0, 0.1) is 0 Å². The predicted molar refractivity (Wildman–Crippen MR) is 115 cm³/mol. The van der Waals surface area contributed by atoms with Gasteiger partial charge in [-0.3, -0.25) is 0 Å². The number of alkyl halides is 6. The third kappa shape index (κ3) is 7.33. The Bertz CT molecular complexity index is 1160. The van der Waals surface area contributed by atoms with E-state index in [0.717, 1.165) is 24.4 Å². The molecule has 186 valence electrons. The van der Waals surface area contributed by atoms with E-state index in [9.17, 15) is 31.1 Å². The highest BCUT2D eigenvalue weighted by atomic mass is 19.4. The van der Waals surface area contributed by atoms with Gasteiger partial charge in [0.2, 0.25) is 0 Å². The zero-order chi connectivity index (χ0) is 25.8. The summed E-state index contributed by atoms with van der Waals surface area (Å²) in [5.74, 6) is -0.534. The van der Waals surface area contributed by atoms with Crippen LogP contribution in [0.1, 0.15) is 25.1 Å². The molecule has 2 amide bonds. The zero-order valence-electron chi connectivity index (χ0n) is 18.5. The number of hydrogen-bond donors (Lipinski definition) is 1. The first-order valence-electron chi connectivity index (χ1n) is 10.2.